The Balaban J connectivity index is 1.85. The van der Waals surface area contributed by atoms with Gasteiger partial charge in [-0.15, -0.1) is 0 Å². The number of benzene rings is 2. The van der Waals surface area contributed by atoms with E-state index in [4.69, 9.17) is 4.42 Å². The van der Waals surface area contributed by atoms with Crippen molar-refractivity contribution < 1.29 is 9.21 Å². The second-order valence-electron chi connectivity index (χ2n) is 7.03. The van der Waals surface area contributed by atoms with Crippen LogP contribution in [0.1, 0.15) is 35.7 Å². The van der Waals surface area contributed by atoms with Crippen LogP contribution in [0.25, 0.3) is 22.3 Å². The molecule has 0 spiro atoms. The van der Waals surface area contributed by atoms with E-state index in [9.17, 15) is 9.59 Å². The van der Waals surface area contributed by atoms with E-state index < -0.39 is 0 Å². The second-order valence-corrected chi connectivity index (χ2v) is 7.03. The van der Waals surface area contributed by atoms with Crippen LogP contribution in [0.5, 0.6) is 0 Å². The normalized spacial score (nSPS) is 15.0. The summed E-state index contributed by atoms with van der Waals surface area (Å²) in [5.74, 6) is 0.877. The lowest BCUT2D eigenvalue weighted by molar-refractivity contribution is 0.0936. The average molecular weight is 347 g/mol. The lowest BCUT2D eigenvalue weighted by Gasteiger charge is -2.14. The van der Waals surface area contributed by atoms with E-state index in [1.54, 1.807) is 25.1 Å². The van der Waals surface area contributed by atoms with Crippen LogP contribution in [-0.2, 0) is 0 Å². The van der Waals surface area contributed by atoms with Crippen LogP contribution in [-0.4, -0.2) is 11.9 Å². The molecule has 1 N–H and O–H groups in total. The standard InChI is InChI=1S/C22H21NO3/c1-13-19(24)17-9-6-10-18(22(25)23-14(2)15-11-12-15)21(17)26-20(13)16-7-4-3-5-8-16/h3-10,14-15H,11-12H2,1-2H3,(H,23,25). The molecule has 0 aliphatic heterocycles. The Morgan fingerprint density at radius 3 is 2.54 bits per heavy atom. The van der Waals surface area contributed by atoms with Crippen LogP contribution in [0, 0.1) is 12.8 Å². The fourth-order valence-corrected chi connectivity index (χ4v) is 3.35. The molecule has 4 nitrogen and oxygen atoms in total. The molecule has 4 rings (SSSR count). The molecule has 1 heterocycles. The maximum atomic E-state index is 12.8. The van der Waals surface area contributed by atoms with E-state index in [1.165, 1.54) is 0 Å². The van der Waals surface area contributed by atoms with Crippen molar-refractivity contribution in [1.29, 1.82) is 0 Å². The highest BCUT2D eigenvalue weighted by Crippen LogP contribution is 2.33. The van der Waals surface area contributed by atoms with Gasteiger partial charge in [-0.1, -0.05) is 36.4 Å². The minimum absolute atomic E-state index is 0.102. The van der Waals surface area contributed by atoms with Gasteiger partial charge in [0.2, 0.25) is 0 Å². The predicted molar refractivity (Wildman–Crippen MR) is 102 cm³/mol. The van der Waals surface area contributed by atoms with Crippen LogP contribution in [0.3, 0.4) is 0 Å². The van der Waals surface area contributed by atoms with Gasteiger partial charge in [-0.05, 0) is 44.7 Å². The van der Waals surface area contributed by atoms with Crippen LogP contribution >= 0.6 is 0 Å². The topological polar surface area (TPSA) is 59.3 Å². The van der Waals surface area contributed by atoms with Crippen molar-refractivity contribution in [3.05, 3.63) is 69.9 Å². The van der Waals surface area contributed by atoms with Crippen LogP contribution in [0.4, 0.5) is 0 Å². The first-order valence-corrected chi connectivity index (χ1v) is 8.99. The highest BCUT2D eigenvalue weighted by Gasteiger charge is 2.29. The summed E-state index contributed by atoms with van der Waals surface area (Å²) in [5.41, 5.74) is 2.03. The molecule has 1 amide bonds. The Morgan fingerprint density at radius 2 is 1.85 bits per heavy atom. The molecule has 1 atom stereocenters. The summed E-state index contributed by atoms with van der Waals surface area (Å²) >= 11 is 0. The van der Waals surface area contributed by atoms with E-state index in [2.05, 4.69) is 5.32 Å². The minimum Gasteiger partial charge on any atom is -0.455 e. The summed E-state index contributed by atoms with van der Waals surface area (Å²) in [6.07, 6.45) is 2.31. The fourth-order valence-electron chi connectivity index (χ4n) is 3.35. The van der Waals surface area contributed by atoms with Crippen molar-refractivity contribution in [2.24, 2.45) is 5.92 Å². The summed E-state index contributed by atoms with van der Waals surface area (Å²) in [6.45, 7) is 3.78. The quantitative estimate of drug-likeness (QED) is 0.765. The van der Waals surface area contributed by atoms with Crippen LogP contribution in [0.15, 0.2) is 57.7 Å². The number of carbonyl (C=O) groups is 1. The summed E-state index contributed by atoms with van der Waals surface area (Å²) in [4.78, 5) is 25.6. The third kappa shape index (κ3) is 2.92. The lowest BCUT2D eigenvalue weighted by atomic mass is 10.0. The Hall–Kier alpha value is -2.88. The molecule has 0 saturated heterocycles. The zero-order valence-electron chi connectivity index (χ0n) is 14.9. The summed E-state index contributed by atoms with van der Waals surface area (Å²) < 4.78 is 6.11. The Kier molecular flexibility index (Phi) is 4.11. The second kappa shape index (κ2) is 6.45. The number of amides is 1. The number of hydrogen-bond acceptors (Lipinski definition) is 3. The van der Waals surface area contributed by atoms with Gasteiger partial charge in [0, 0.05) is 17.2 Å². The van der Waals surface area contributed by atoms with Gasteiger partial charge in [-0.3, -0.25) is 9.59 Å². The van der Waals surface area contributed by atoms with Crippen molar-refractivity contribution >= 4 is 16.9 Å². The molecule has 0 radical (unpaired) electrons. The van der Waals surface area contributed by atoms with Gasteiger partial charge >= 0.3 is 0 Å². The molecular weight excluding hydrogens is 326 g/mol. The molecule has 1 aromatic heterocycles. The van der Waals surface area contributed by atoms with Gasteiger partial charge in [-0.25, -0.2) is 0 Å². The van der Waals surface area contributed by atoms with Crippen molar-refractivity contribution in [2.75, 3.05) is 0 Å². The third-order valence-electron chi connectivity index (χ3n) is 5.11. The molecule has 1 unspecified atom stereocenters. The van der Waals surface area contributed by atoms with Crippen LogP contribution < -0.4 is 10.7 Å². The molecule has 1 aliphatic rings. The monoisotopic (exact) mass is 347 g/mol. The Labute approximate surface area is 151 Å². The largest absolute Gasteiger partial charge is 0.455 e. The molecule has 1 aliphatic carbocycles. The number of carbonyl (C=O) groups excluding carboxylic acids is 1. The van der Waals surface area contributed by atoms with Gasteiger partial charge in [0.25, 0.3) is 5.91 Å². The third-order valence-corrected chi connectivity index (χ3v) is 5.11. The fraction of sp³-hybridized carbons (Fsp3) is 0.273. The van der Waals surface area contributed by atoms with Crippen molar-refractivity contribution in [1.82, 2.24) is 5.32 Å². The summed E-state index contributed by atoms with van der Waals surface area (Å²) in [7, 11) is 0. The maximum absolute atomic E-state index is 12.8. The predicted octanol–water partition coefficient (Wildman–Crippen LogP) is 4.30. The molecule has 0 bridgehead atoms. The number of hydrogen-bond donors (Lipinski definition) is 1. The molecule has 1 saturated carbocycles. The minimum atomic E-state index is -0.194. The van der Waals surface area contributed by atoms with E-state index in [0.29, 0.717) is 33.8 Å². The number of nitrogens with one attached hydrogen (secondary N) is 1. The summed E-state index contributed by atoms with van der Waals surface area (Å²) in [5, 5.41) is 3.48. The van der Waals surface area contributed by atoms with E-state index in [1.807, 2.05) is 37.3 Å². The van der Waals surface area contributed by atoms with E-state index in [-0.39, 0.29) is 17.4 Å². The van der Waals surface area contributed by atoms with Gasteiger partial charge in [0.15, 0.2) is 11.0 Å². The zero-order valence-corrected chi connectivity index (χ0v) is 14.9. The van der Waals surface area contributed by atoms with Crippen LogP contribution in [0.2, 0.25) is 0 Å². The summed E-state index contributed by atoms with van der Waals surface area (Å²) in [6, 6.07) is 14.8. The average Bonchev–Trinajstić information content (AvgIpc) is 3.50. The first kappa shape index (κ1) is 16.6. The number of fused-ring (bicyclic) bond motifs is 1. The first-order valence-electron chi connectivity index (χ1n) is 8.99. The van der Waals surface area contributed by atoms with Gasteiger partial charge in [0.05, 0.1) is 10.9 Å². The Morgan fingerprint density at radius 1 is 1.12 bits per heavy atom. The SMILES string of the molecule is Cc1c(-c2ccccc2)oc2c(C(=O)NC(C)C3CC3)cccc2c1=O. The van der Waals surface area contributed by atoms with Crippen molar-refractivity contribution in [3.63, 3.8) is 0 Å². The van der Waals surface area contributed by atoms with E-state index >= 15 is 0 Å². The molecule has 132 valence electrons. The maximum Gasteiger partial charge on any atom is 0.255 e. The molecule has 3 aromatic rings. The Bertz CT molecular complexity index is 1030. The van der Waals surface area contributed by atoms with Crippen molar-refractivity contribution in [2.45, 2.75) is 32.7 Å². The van der Waals surface area contributed by atoms with Gasteiger partial charge < -0.3 is 9.73 Å². The molecule has 26 heavy (non-hydrogen) atoms. The number of para-hydroxylation sites is 1. The molecule has 2 aromatic carbocycles. The smallest absolute Gasteiger partial charge is 0.255 e. The van der Waals surface area contributed by atoms with Crippen molar-refractivity contribution in [3.8, 4) is 11.3 Å². The molecule has 1 fully saturated rings. The zero-order chi connectivity index (χ0) is 18.3. The van der Waals surface area contributed by atoms with E-state index in [0.717, 1.165) is 18.4 Å². The molecule has 4 heteroatoms. The highest BCUT2D eigenvalue weighted by atomic mass is 16.3. The number of rotatable bonds is 4. The van der Waals surface area contributed by atoms with Gasteiger partial charge in [-0.2, -0.15) is 0 Å². The highest BCUT2D eigenvalue weighted by molar-refractivity contribution is 6.05. The lowest BCUT2D eigenvalue weighted by Crippen LogP contribution is -2.34. The first-order chi connectivity index (χ1) is 12.6. The molecular formula is C22H21NO3. The van der Waals surface area contributed by atoms with Gasteiger partial charge in [0.1, 0.15) is 5.76 Å².